The van der Waals surface area contributed by atoms with Gasteiger partial charge in [-0.15, -0.1) is 0 Å². The smallest absolute Gasteiger partial charge is 0.377 e. The van der Waals surface area contributed by atoms with Crippen molar-refractivity contribution >= 4 is 5.97 Å². The zero-order valence-electron chi connectivity index (χ0n) is 8.72. The fraction of sp³-hybridized carbons (Fsp3) is 0.889. The summed E-state index contributed by atoms with van der Waals surface area (Å²) in [6.07, 6.45) is -1.40. The first-order valence-electron chi connectivity index (χ1n) is 4.73. The van der Waals surface area contributed by atoms with Crippen molar-refractivity contribution in [3.8, 4) is 0 Å². The highest BCUT2D eigenvalue weighted by Gasteiger charge is 2.50. The summed E-state index contributed by atoms with van der Waals surface area (Å²) in [4.78, 5) is 10.6. The average molecular weight is 223 g/mol. The summed E-state index contributed by atoms with van der Waals surface area (Å²) < 4.78 is 29.9. The number of aliphatic hydroxyl groups is 1. The van der Waals surface area contributed by atoms with Gasteiger partial charge >= 0.3 is 11.9 Å². The third kappa shape index (κ3) is 3.71. The van der Waals surface area contributed by atoms with Crippen LogP contribution in [0.4, 0.5) is 8.78 Å². The largest absolute Gasteiger partial charge is 0.456 e. The van der Waals surface area contributed by atoms with Crippen LogP contribution in [0.25, 0.3) is 0 Å². The van der Waals surface area contributed by atoms with Crippen molar-refractivity contribution in [2.24, 2.45) is 0 Å². The van der Waals surface area contributed by atoms with Crippen LogP contribution < -0.4 is 5.32 Å². The highest BCUT2D eigenvalue weighted by atomic mass is 19.3. The summed E-state index contributed by atoms with van der Waals surface area (Å²) in [7, 11) is 0. The number of rotatable bonds is 4. The maximum Gasteiger partial charge on any atom is 0.377 e. The topological polar surface area (TPSA) is 58.6 Å². The number of halogens is 2. The van der Waals surface area contributed by atoms with Gasteiger partial charge in [0.15, 0.2) is 0 Å². The number of hydrogen-bond donors (Lipinski definition) is 2. The molecular formula is C9H15F2NO3. The summed E-state index contributed by atoms with van der Waals surface area (Å²) in [6.45, 7) is 3.57. The molecule has 0 aliphatic carbocycles. The molecule has 1 atom stereocenters. The first-order valence-corrected chi connectivity index (χ1v) is 4.73. The van der Waals surface area contributed by atoms with Crippen LogP contribution in [0.15, 0.2) is 0 Å². The van der Waals surface area contributed by atoms with Crippen molar-refractivity contribution in [3.05, 3.63) is 0 Å². The maximum absolute atomic E-state index is 12.7. The molecule has 0 amide bonds. The van der Waals surface area contributed by atoms with Crippen LogP contribution in [0, 0.1) is 0 Å². The number of alkyl halides is 2. The minimum atomic E-state index is -3.36. The van der Waals surface area contributed by atoms with Crippen molar-refractivity contribution in [2.45, 2.75) is 37.9 Å². The molecule has 1 aliphatic heterocycles. The van der Waals surface area contributed by atoms with Gasteiger partial charge in [-0.1, -0.05) is 0 Å². The van der Waals surface area contributed by atoms with Crippen LogP contribution in [-0.2, 0) is 9.53 Å². The average Bonchev–Trinajstić information content (AvgIpc) is 2.23. The zero-order chi connectivity index (χ0) is 11.7. The third-order valence-electron chi connectivity index (χ3n) is 1.99. The second kappa shape index (κ2) is 4.02. The van der Waals surface area contributed by atoms with Gasteiger partial charge in [-0.3, -0.25) is 0 Å². The lowest BCUT2D eigenvalue weighted by atomic mass is 10.1. The Balaban J connectivity index is 2.28. The van der Waals surface area contributed by atoms with Gasteiger partial charge < -0.3 is 15.2 Å². The van der Waals surface area contributed by atoms with Crippen LogP contribution in [0.5, 0.6) is 0 Å². The fourth-order valence-corrected chi connectivity index (χ4v) is 1.30. The van der Waals surface area contributed by atoms with Crippen molar-refractivity contribution in [1.82, 2.24) is 5.32 Å². The molecule has 0 radical (unpaired) electrons. The van der Waals surface area contributed by atoms with Gasteiger partial charge in [0.05, 0.1) is 12.0 Å². The Kier molecular flexibility index (Phi) is 3.30. The summed E-state index contributed by atoms with van der Waals surface area (Å²) >= 11 is 0. The summed E-state index contributed by atoms with van der Waals surface area (Å²) in [5, 5.41) is 12.1. The van der Waals surface area contributed by atoms with Gasteiger partial charge in [0.2, 0.25) is 0 Å². The van der Waals surface area contributed by atoms with Gasteiger partial charge in [-0.2, -0.15) is 8.78 Å². The predicted octanol–water partition coefficient (Wildman–Crippen LogP) is 0.298. The van der Waals surface area contributed by atoms with E-state index in [2.05, 4.69) is 10.1 Å². The van der Waals surface area contributed by atoms with Crippen LogP contribution in [-0.4, -0.2) is 41.8 Å². The van der Waals surface area contributed by atoms with Gasteiger partial charge in [0.1, 0.15) is 6.10 Å². The summed E-state index contributed by atoms with van der Waals surface area (Å²) in [6, 6.07) is 0. The Morgan fingerprint density at radius 1 is 1.67 bits per heavy atom. The lowest BCUT2D eigenvalue weighted by Gasteiger charge is -2.18. The number of ether oxygens (including phenoxy) is 1. The molecule has 0 spiro atoms. The second-order valence-corrected chi connectivity index (χ2v) is 4.38. The molecule has 1 heterocycles. The predicted molar refractivity (Wildman–Crippen MR) is 48.6 cm³/mol. The summed E-state index contributed by atoms with van der Waals surface area (Å²) in [5.74, 6) is -4.82. The number of carbonyl (C=O) groups is 1. The Hall–Kier alpha value is -0.750. The Labute approximate surface area is 86.6 Å². The molecule has 0 aromatic rings. The minimum absolute atomic E-state index is 0.130. The Morgan fingerprint density at radius 2 is 2.27 bits per heavy atom. The van der Waals surface area contributed by atoms with Crippen LogP contribution >= 0.6 is 0 Å². The molecular weight excluding hydrogens is 208 g/mol. The highest BCUT2D eigenvalue weighted by molar-refractivity contribution is 5.79. The van der Waals surface area contributed by atoms with E-state index in [1.807, 2.05) is 0 Å². The van der Waals surface area contributed by atoms with E-state index in [4.69, 9.17) is 0 Å². The van der Waals surface area contributed by atoms with Gasteiger partial charge in [0, 0.05) is 13.1 Å². The first-order chi connectivity index (χ1) is 6.71. The van der Waals surface area contributed by atoms with E-state index < -0.39 is 30.0 Å². The molecule has 0 bridgehead atoms. The molecule has 0 saturated carbocycles. The number of carbonyl (C=O) groups excluding carboxylic acids is 1. The molecule has 2 N–H and O–H groups in total. The molecule has 15 heavy (non-hydrogen) atoms. The van der Waals surface area contributed by atoms with Gasteiger partial charge in [-0.05, 0) is 13.8 Å². The van der Waals surface area contributed by atoms with E-state index in [0.717, 1.165) is 0 Å². The minimum Gasteiger partial charge on any atom is -0.456 e. The number of esters is 1. The van der Waals surface area contributed by atoms with E-state index in [0.29, 0.717) is 0 Å². The lowest BCUT2D eigenvalue weighted by Crippen LogP contribution is -2.38. The molecule has 1 fully saturated rings. The molecule has 1 rings (SSSR count). The highest BCUT2D eigenvalue weighted by Crippen LogP contribution is 2.30. The molecule has 4 nitrogen and oxygen atoms in total. The van der Waals surface area contributed by atoms with Crippen LogP contribution in [0.2, 0.25) is 0 Å². The van der Waals surface area contributed by atoms with Gasteiger partial charge in [0.25, 0.3) is 0 Å². The monoisotopic (exact) mass is 223 g/mol. The quantitative estimate of drug-likeness (QED) is 0.673. The van der Waals surface area contributed by atoms with E-state index in [9.17, 15) is 18.7 Å². The second-order valence-electron chi connectivity index (χ2n) is 4.38. The third-order valence-corrected chi connectivity index (χ3v) is 1.99. The molecule has 0 aromatic heterocycles. The first kappa shape index (κ1) is 12.3. The van der Waals surface area contributed by atoms with Crippen LogP contribution in [0.1, 0.15) is 20.3 Å². The zero-order valence-corrected chi connectivity index (χ0v) is 8.72. The Bertz CT molecular complexity index is 250. The van der Waals surface area contributed by atoms with E-state index in [-0.39, 0.29) is 13.1 Å². The number of cyclic esters (lactones) is 1. The van der Waals surface area contributed by atoms with Crippen molar-refractivity contribution in [2.75, 3.05) is 13.1 Å². The van der Waals surface area contributed by atoms with E-state index in [1.165, 1.54) is 0 Å². The molecule has 1 aliphatic rings. The number of nitrogens with one attached hydrogen (secondary N) is 1. The molecule has 1 unspecified atom stereocenters. The summed E-state index contributed by atoms with van der Waals surface area (Å²) in [5.41, 5.74) is -0.912. The molecule has 0 aromatic carbocycles. The lowest BCUT2D eigenvalue weighted by molar-refractivity contribution is -0.159. The van der Waals surface area contributed by atoms with E-state index >= 15 is 0 Å². The normalized spacial score (nSPS) is 25.4. The van der Waals surface area contributed by atoms with Crippen molar-refractivity contribution in [1.29, 1.82) is 0 Å². The number of hydrogen-bond acceptors (Lipinski definition) is 4. The van der Waals surface area contributed by atoms with Crippen molar-refractivity contribution < 1.29 is 23.4 Å². The van der Waals surface area contributed by atoms with Gasteiger partial charge in [-0.25, -0.2) is 4.79 Å². The van der Waals surface area contributed by atoms with Crippen LogP contribution in [0.3, 0.4) is 0 Å². The molecule has 6 heteroatoms. The SMILES string of the molecule is CC(C)(O)CNCC1CC(F)(F)C(=O)O1. The standard InChI is InChI=1S/C9H15F2NO3/c1-8(2,14)5-12-4-6-3-9(10,11)7(13)15-6/h6,12,14H,3-5H2,1-2H3. The maximum atomic E-state index is 12.7. The fourth-order valence-electron chi connectivity index (χ4n) is 1.30. The Morgan fingerprint density at radius 3 is 2.67 bits per heavy atom. The molecule has 88 valence electrons. The molecule has 1 saturated heterocycles. The van der Waals surface area contributed by atoms with E-state index in [1.54, 1.807) is 13.8 Å². The van der Waals surface area contributed by atoms with Crippen molar-refractivity contribution in [3.63, 3.8) is 0 Å².